The molecule has 0 amide bonds. The summed E-state index contributed by atoms with van der Waals surface area (Å²) in [6.45, 7) is 2.45. The van der Waals surface area contributed by atoms with Gasteiger partial charge < -0.3 is 10.2 Å². The van der Waals surface area contributed by atoms with E-state index in [1.54, 1.807) is 12.1 Å². The highest BCUT2D eigenvalue weighted by atomic mass is 79.9. The molecule has 1 aromatic rings. The quantitative estimate of drug-likeness (QED) is 0.477. The van der Waals surface area contributed by atoms with Crippen molar-refractivity contribution < 1.29 is 4.92 Å². The molecule has 0 aliphatic carbocycles. The van der Waals surface area contributed by atoms with Crippen LogP contribution in [0, 0.1) is 10.1 Å². The Morgan fingerprint density at radius 2 is 2.22 bits per heavy atom. The molecule has 100 valence electrons. The zero-order chi connectivity index (χ0) is 13.5. The topological polar surface area (TPSA) is 58.4 Å². The van der Waals surface area contributed by atoms with Gasteiger partial charge in [0.05, 0.1) is 4.92 Å². The van der Waals surface area contributed by atoms with E-state index in [4.69, 9.17) is 0 Å². The highest BCUT2D eigenvalue weighted by molar-refractivity contribution is 9.10. The lowest BCUT2D eigenvalue weighted by molar-refractivity contribution is -0.385. The van der Waals surface area contributed by atoms with Gasteiger partial charge in [-0.1, -0.05) is 15.9 Å². The van der Waals surface area contributed by atoms with E-state index in [1.807, 2.05) is 20.2 Å². The first-order valence-electron chi connectivity index (χ1n) is 5.80. The Balaban J connectivity index is 2.68. The smallest absolute Gasteiger partial charge is 0.275 e. The standard InChI is InChI=1S/C12H18BrN3O2/c1-14-6-3-7-15(2)9-10-4-5-11(13)8-12(10)16(17)18/h4-5,8,14H,3,6-7,9H2,1-2H3. The van der Waals surface area contributed by atoms with Gasteiger partial charge in [0.1, 0.15) is 0 Å². The van der Waals surface area contributed by atoms with Crippen molar-refractivity contribution in [3.05, 3.63) is 38.3 Å². The molecule has 0 heterocycles. The van der Waals surface area contributed by atoms with E-state index in [9.17, 15) is 10.1 Å². The van der Waals surface area contributed by atoms with Crippen LogP contribution in [0.1, 0.15) is 12.0 Å². The van der Waals surface area contributed by atoms with Gasteiger partial charge in [-0.25, -0.2) is 0 Å². The highest BCUT2D eigenvalue weighted by Crippen LogP contribution is 2.24. The van der Waals surface area contributed by atoms with Gasteiger partial charge in [0.15, 0.2) is 0 Å². The number of nitrogens with one attached hydrogen (secondary N) is 1. The van der Waals surface area contributed by atoms with Crippen molar-refractivity contribution in [1.82, 2.24) is 10.2 Å². The van der Waals surface area contributed by atoms with Crippen LogP contribution in [-0.4, -0.2) is 37.0 Å². The summed E-state index contributed by atoms with van der Waals surface area (Å²) in [5.41, 5.74) is 0.917. The van der Waals surface area contributed by atoms with Crippen LogP contribution in [0.5, 0.6) is 0 Å². The van der Waals surface area contributed by atoms with Gasteiger partial charge in [-0.15, -0.1) is 0 Å². The van der Waals surface area contributed by atoms with Crippen molar-refractivity contribution >= 4 is 21.6 Å². The fourth-order valence-electron chi connectivity index (χ4n) is 1.74. The summed E-state index contributed by atoms with van der Waals surface area (Å²) in [6, 6.07) is 5.19. The summed E-state index contributed by atoms with van der Waals surface area (Å²) >= 11 is 3.26. The molecule has 0 aliphatic heterocycles. The molecular weight excluding hydrogens is 298 g/mol. The van der Waals surface area contributed by atoms with Crippen molar-refractivity contribution in [2.24, 2.45) is 0 Å². The third-order valence-electron chi connectivity index (χ3n) is 2.65. The number of nitrogens with zero attached hydrogens (tertiary/aromatic N) is 2. The molecule has 0 saturated carbocycles. The maximum atomic E-state index is 11.0. The summed E-state index contributed by atoms with van der Waals surface area (Å²) in [5.74, 6) is 0. The summed E-state index contributed by atoms with van der Waals surface area (Å²) in [4.78, 5) is 12.7. The molecule has 5 nitrogen and oxygen atoms in total. The minimum atomic E-state index is -0.332. The molecule has 1 N–H and O–H groups in total. The van der Waals surface area contributed by atoms with E-state index in [0.717, 1.165) is 29.5 Å². The average Bonchev–Trinajstić information content (AvgIpc) is 2.31. The minimum Gasteiger partial charge on any atom is -0.320 e. The van der Waals surface area contributed by atoms with Gasteiger partial charge in [-0.2, -0.15) is 0 Å². The van der Waals surface area contributed by atoms with Gasteiger partial charge in [-0.3, -0.25) is 10.1 Å². The number of nitro benzene ring substituents is 1. The molecule has 0 unspecified atom stereocenters. The lowest BCUT2D eigenvalue weighted by Gasteiger charge is -2.16. The Bertz CT molecular complexity index is 412. The molecule has 0 spiro atoms. The predicted molar refractivity (Wildman–Crippen MR) is 75.7 cm³/mol. The Labute approximate surface area is 115 Å². The summed E-state index contributed by atoms with van der Waals surface area (Å²) < 4.78 is 0.732. The third-order valence-corrected chi connectivity index (χ3v) is 3.14. The summed E-state index contributed by atoms with van der Waals surface area (Å²) in [5, 5.41) is 14.1. The number of hydrogen-bond acceptors (Lipinski definition) is 4. The molecule has 0 atom stereocenters. The molecule has 1 aromatic carbocycles. The second kappa shape index (κ2) is 7.45. The Kier molecular flexibility index (Phi) is 6.24. The fourth-order valence-corrected chi connectivity index (χ4v) is 2.09. The van der Waals surface area contributed by atoms with Crippen LogP contribution in [0.3, 0.4) is 0 Å². The molecule has 0 aromatic heterocycles. The summed E-state index contributed by atoms with van der Waals surface area (Å²) in [7, 11) is 3.89. The molecule has 0 aliphatic rings. The normalized spacial score (nSPS) is 10.9. The van der Waals surface area contributed by atoms with E-state index in [0.29, 0.717) is 6.54 Å². The Hall–Kier alpha value is -0.980. The van der Waals surface area contributed by atoms with E-state index < -0.39 is 0 Å². The second-order valence-electron chi connectivity index (χ2n) is 4.23. The molecule has 0 bridgehead atoms. The largest absolute Gasteiger partial charge is 0.320 e. The van der Waals surface area contributed by atoms with Crippen molar-refractivity contribution in [2.75, 3.05) is 27.2 Å². The average molecular weight is 316 g/mol. The van der Waals surface area contributed by atoms with Gasteiger partial charge in [0.2, 0.25) is 0 Å². The second-order valence-corrected chi connectivity index (χ2v) is 5.14. The number of benzene rings is 1. The van der Waals surface area contributed by atoms with Gasteiger partial charge >= 0.3 is 0 Å². The van der Waals surface area contributed by atoms with Crippen molar-refractivity contribution in [1.29, 1.82) is 0 Å². The molecule has 0 fully saturated rings. The van der Waals surface area contributed by atoms with Crippen LogP contribution in [0.15, 0.2) is 22.7 Å². The van der Waals surface area contributed by atoms with Crippen molar-refractivity contribution in [3.63, 3.8) is 0 Å². The summed E-state index contributed by atoms with van der Waals surface area (Å²) in [6.07, 6.45) is 1.03. The van der Waals surface area contributed by atoms with E-state index in [-0.39, 0.29) is 10.6 Å². The maximum absolute atomic E-state index is 11.0. The maximum Gasteiger partial charge on any atom is 0.275 e. The van der Waals surface area contributed by atoms with E-state index in [2.05, 4.69) is 26.1 Å². The lowest BCUT2D eigenvalue weighted by atomic mass is 10.1. The molecule has 18 heavy (non-hydrogen) atoms. The zero-order valence-corrected chi connectivity index (χ0v) is 12.2. The predicted octanol–water partition coefficient (Wildman–Crippen LogP) is 2.40. The van der Waals surface area contributed by atoms with Crippen LogP contribution in [0.25, 0.3) is 0 Å². The van der Waals surface area contributed by atoms with Crippen LogP contribution in [0.4, 0.5) is 5.69 Å². The van der Waals surface area contributed by atoms with E-state index in [1.165, 1.54) is 0 Å². The van der Waals surface area contributed by atoms with Gasteiger partial charge in [0, 0.05) is 22.6 Å². The SMILES string of the molecule is CNCCCN(C)Cc1ccc(Br)cc1[N+](=O)[O-]. The molecular formula is C12H18BrN3O2. The van der Waals surface area contributed by atoms with Crippen LogP contribution < -0.4 is 5.32 Å². The Morgan fingerprint density at radius 3 is 2.83 bits per heavy atom. The van der Waals surface area contributed by atoms with Crippen molar-refractivity contribution in [3.8, 4) is 0 Å². The number of hydrogen-bond donors (Lipinski definition) is 1. The molecule has 0 saturated heterocycles. The fraction of sp³-hybridized carbons (Fsp3) is 0.500. The molecule has 6 heteroatoms. The first-order chi connectivity index (χ1) is 8.54. The molecule has 1 rings (SSSR count). The Morgan fingerprint density at radius 1 is 1.50 bits per heavy atom. The number of halogens is 1. The van der Waals surface area contributed by atoms with Crippen LogP contribution in [-0.2, 0) is 6.54 Å². The van der Waals surface area contributed by atoms with E-state index >= 15 is 0 Å². The first kappa shape index (κ1) is 15.1. The van der Waals surface area contributed by atoms with Gasteiger partial charge in [0.25, 0.3) is 5.69 Å². The molecule has 0 radical (unpaired) electrons. The van der Waals surface area contributed by atoms with Crippen LogP contribution >= 0.6 is 15.9 Å². The first-order valence-corrected chi connectivity index (χ1v) is 6.60. The monoisotopic (exact) mass is 315 g/mol. The third kappa shape index (κ3) is 4.72. The number of nitro groups is 1. The van der Waals surface area contributed by atoms with Crippen molar-refractivity contribution in [2.45, 2.75) is 13.0 Å². The lowest BCUT2D eigenvalue weighted by Crippen LogP contribution is -2.22. The minimum absolute atomic E-state index is 0.171. The zero-order valence-electron chi connectivity index (χ0n) is 10.6. The number of rotatable bonds is 7. The van der Waals surface area contributed by atoms with Crippen LogP contribution in [0.2, 0.25) is 0 Å². The van der Waals surface area contributed by atoms with Gasteiger partial charge in [-0.05, 0) is 45.7 Å². The highest BCUT2D eigenvalue weighted by Gasteiger charge is 2.15.